The molecule has 0 bridgehead atoms. The molecule has 4 heteroatoms. The van der Waals surface area contributed by atoms with Crippen molar-refractivity contribution in [2.75, 3.05) is 0 Å². The van der Waals surface area contributed by atoms with Gasteiger partial charge < -0.3 is 0 Å². The Morgan fingerprint density at radius 3 is 1.51 bits per heavy atom. The summed E-state index contributed by atoms with van der Waals surface area (Å²) < 4.78 is 0. The standard InChI is InChI=1S/C47H32N4/c1-31-27-41(32-13-5-2-6-14-32)40-25-23-35-24-26-42(49-45(35)46(40)48-31)38-21-11-19-36(28-38)37-20-12-22-39(29-37)47-50-43(33-15-7-3-8-16-33)30-44(51-47)34-17-9-4-10-18-34/h2-30H,1H3. The van der Waals surface area contributed by atoms with E-state index < -0.39 is 0 Å². The van der Waals surface area contributed by atoms with Crippen LogP contribution in [0.2, 0.25) is 0 Å². The van der Waals surface area contributed by atoms with Crippen LogP contribution in [0.3, 0.4) is 0 Å². The zero-order valence-electron chi connectivity index (χ0n) is 28.0. The van der Waals surface area contributed by atoms with Crippen molar-refractivity contribution >= 4 is 21.8 Å². The van der Waals surface area contributed by atoms with Gasteiger partial charge in [-0.2, -0.15) is 0 Å². The number of fused-ring (bicyclic) bond motifs is 3. The van der Waals surface area contributed by atoms with Crippen molar-refractivity contribution in [3.8, 4) is 67.4 Å². The lowest BCUT2D eigenvalue weighted by Gasteiger charge is -2.12. The summed E-state index contributed by atoms with van der Waals surface area (Å²) in [6.07, 6.45) is 0. The van der Waals surface area contributed by atoms with Gasteiger partial charge in [0.2, 0.25) is 0 Å². The van der Waals surface area contributed by atoms with Crippen molar-refractivity contribution in [2.24, 2.45) is 0 Å². The molecule has 240 valence electrons. The molecule has 0 spiro atoms. The first-order valence-electron chi connectivity index (χ1n) is 17.1. The van der Waals surface area contributed by atoms with Gasteiger partial charge in [0.15, 0.2) is 5.82 Å². The van der Waals surface area contributed by atoms with Crippen LogP contribution in [0, 0.1) is 6.92 Å². The van der Waals surface area contributed by atoms with Crippen molar-refractivity contribution in [1.82, 2.24) is 19.9 Å². The molecule has 0 aliphatic rings. The predicted octanol–water partition coefficient (Wildman–Crippen LogP) is 11.9. The normalized spacial score (nSPS) is 11.2. The number of pyridine rings is 2. The highest BCUT2D eigenvalue weighted by Gasteiger charge is 2.14. The van der Waals surface area contributed by atoms with E-state index in [0.29, 0.717) is 5.82 Å². The molecule has 3 aromatic heterocycles. The van der Waals surface area contributed by atoms with E-state index in [4.69, 9.17) is 19.9 Å². The van der Waals surface area contributed by atoms with Crippen molar-refractivity contribution in [2.45, 2.75) is 6.92 Å². The zero-order chi connectivity index (χ0) is 34.1. The Bertz CT molecular complexity index is 2630. The van der Waals surface area contributed by atoms with Gasteiger partial charge in [0.25, 0.3) is 0 Å². The quantitative estimate of drug-likeness (QED) is 0.168. The highest BCUT2D eigenvalue weighted by Crippen LogP contribution is 2.35. The second-order valence-electron chi connectivity index (χ2n) is 12.8. The third kappa shape index (κ3) is 5.94. The fourth-order valence-electron chi connectivity index (χ4n) is 6.80. The average molecular weight is 653 g/mol. The van der Waals surface area contributed by atoms with E-state index >= 15 is 0 Å². The Kier molecular flexibility index (Phi) is 7.67. The first kappa shape index (κ1) is 30.3. The second kappa shape index (κ2) is 12.9. The third-order valence-corrected chi connectivity index (χ3v) is 9.33. The molecule has 0 aliphatic carbocycles. The molecule has 9 rings (SSSR count). The smallest absolute Gasteiger partial charge is 0.160 e. The maximum Gasteiger partial charge on any atom is 0.160 e. The van der Waals surface area contributed by atoms with Crippen LogP contribution in [0.15, 0.2) is 176 Å². The van der Waals surface area contributed by atoms with Crippen LogP contribution in [0.5, 0.6) is 0 Å². The van der Waals surface area contributed by atoms with E-state index in [0.717, 1.165) is 78.0 Å². The third-order valence-electron chi connectivity index (χ3n) is 9.33. The Hall–Kier alpha value is -6.78. The molecule has 9 aromatic rings. The number of nitrogens with zero attached hydrogens (tertiary/aromatic N) is 4. The van der Waals surface area contributed by atoms with Crippen LogP contribution < -0.4 is 0 Å². The lowest BCUT2D eigenvalue weighted by molar-refractivity contribution is 1.18. The number of benzene rings is 6. The Balaban J connectivity index is 1.12. The van der Waals surface area contributed by atoms with Crippen LogP contribution in [0.4, 0.5) is 0 Å². The highest BCUT2D eigenvalue weighted by atomic mass is 14.9. The van der Waals surface area contributed by atoms with Gasteiger partial charge in [-0.1, -0.05) is 146 Å². The summed E-state index contributed by atoms with van der Waals surface area (Å²) >= 11 is 0. The van der Waals surface area contributed by atoms with Crippen molar-refractivity contribution in [3.05, 3.63) is 182 Å². The van der Waals surface area contributed by atoms with E-state index in [9.17, 15) is 0 Å². The number of rotatable bonds is 6. The summed E-state index contributed by atoms with van der Waals surface area (Å²) in [6.45, 7) is 2.05. The first-order valence-corrected chi connectivity index (χ1v) is 17.1. The monoisotopic (exact) mass is 652 g/mol. The summed E-state index contributed by atoms with van der Waals surface area (Å²) in [7, 11) is 0. The number of hydrogen-bond donors (Lipinski definition) is 0. The minimum Gasteiger partial charge on any atom is -0.251 e. The Labute approximate surface area is 296 Å². The molecule has 0 saturated carbocycles. The van der Waals surface area contributed by atoms with Gasteiger partial charge in [-0.3, -0.25) is 4.98 Å². The van der Waals surface area contributed by atoms with Gasteiger partial charge in [0, 0.05) is 38.7 Å². The predicted molar refractivity (Wildman–Crippen MR) is 210 cm³/mol. The highest BCUT2D eigenvalue weighted by molar-refractivity contribution is 6.08. The van der Waals surface area contributed by atoms with Crippen molar-refractivity contribution < 1.29 is 0 Å². The molecule has 0 saturated heterocycles. The van der Waals surface area contributed by atoms with Crippen molar-refractivity contribution in [3.63, 3.8) is 0 Å². The minimum atomic E-state index is 0.689. The van der Waals surface area contributed by atoms with Gasteiger partial charge in [-0.05, 0) is 59.5 Å². The topological polar surface area (TPSA) is 51.6 Å². The van der Waals surface area contributed by atoms with Crippen LogP contribution in [0.1, 0.15) is 5.69 Å². The van der Waals surface area contributed by atoms with Gasteiger partial charge in [-0.25, -0.2) is 15.0 Å². The fraction of sp³-hybridized carbons (Fsp3) is 0.0213. The van der Waals surface area contributed by atoms with Gasteiger partial charge >= 0.3 is 0 Å². The molecular weight excluding hydrogens is 621 g/mol. The van der Waals surface area contributed by atoms with Crippen LogP contribution in [-0.2, 0) is 0 Å². The minimum absolute atomic E-state index is 0.689. The number of aromatic nitrogens is 4. The maximum absolute atomic E-state index is 5.24. The lowest BCUT2D eigenvalue weighted by atomic mass is 9.97. The average Bonchev–Trinajstić information content (AvgIpc) is 3.21. The maximum atomic E-state index is 5.24. The van der Waals surface area contributed by atoms with E-state index in [-0.39, 0.29) is 0 Å². The molecule has 0 atom stereocenters. The molecule has 3 heterocycles. The van der Waals surface area contributed by atoms with Gasteiger partial charge in [0.1, 0.15) is 0 Å². The molecule has 6 aromatic carbocycles. The molecule has 0 unspecified atom stereocenters. The Morgan fingerprint density at radius 1 is 0.333 bits per heavy atom. The molecular formula is C47H32N4. The summed E-state index contributed by atoms with van der Waals surface area (Å²) in [4.78, 5) is 20.4. The fourth-order valence-corrected chi connectivity index (χ4v) is 6.80. The summed E-state index contributed by atoms with van der Waals surface area (Å²) in [5, 5.41) is 2.17. The molecule has 51 heavy (non-hydrogen) atoms. The Morgan fingerprint density at radius 2 is 0.863 bits per heavy atom. The molecule has 4 nitrogen and oxygen atoms in total. The number of aryl methyl sites for hydroxylation is 1. The summed E-state index contributed by atoms with van der Waals surface area (Å²) in [6, 6.07) is 60.9. The van der Waals surface area contributed by atoms with Crippen LogP contribution >= 0.6 is 0 Å². The van der Waals surface area contributed by atoms with Crippen molar-refractivity contribution in [1.29, 1.82) is 0 Å². The van der Waals surface area contributed by atoms with Gasteiger partial charge in [-0.15, -0.1) is 0 Å². The first-order chi connectivity index (χ1) is 25.2. The molecule has 0 amide bonds. The van der Waals surface area contributed by atoms with Crippen LogP contribution in [-0.4, -0.2) is 19.9 Å². The summed E-state index contributed by atoms with van der Waals surface area (Å²) in [5.41, 5.74) is 14.1. The molecule has 0 radical (unpaired) electrons. The number of hydrogen-bond acceptors (Lipinski definition) is 4. The van der Waals surface area contributed by atoms with Crippen LogP contribution in [0.25, 0.3) is 89.2 Å². The SMILES string of the molecule is Cc1cc(-c2ccccc2)c2ccc3ccc(-c4cccc(-c5cccc(-c6nc(-c7ccccc7)cc(-c7ccccc7)n6)c5)c4)nc3c2n1. The summed E-state index contributed by atoms with van der Waals surface area (Å²) in [5.74, 6) is 0.689. The molecule has 0 aliphatic heterocycles. The molecule has 0 N–H and O–H groups in total. The largest absolute Gasteiger partial charge is 0.251 e. The molecule has 0 fully saturated rings. The zero-order valence-corrected chi connectivity index (χ0v) is 28.0. The van der Waals surface area contributed by atoms with E-state index in [1.807, 2.05) is 42.5 Å². The lowest BCUT2D eigenvalue weighted by Crippen LogP contribution is -1.96. The second-order valence-corrected chi connectivity index (χ2v) is 12.8. The van der Waals surface area contributed by atoms with E-state index in [2.05, 4.69) is 140 Å². The van der Waals surface area contributed by atoms with Gasteiger partial charge in [0.05, 0.1) is 28.1 Å². The van der Waals surface area contributed by atoms with E-state index in [1.165, 1.54) is 11.1 Å². The van der Waals surface area contributed by atoms with E-state index in [1.54, 1.807) is 0 Å².